The Kier molecular flexibility index (Phi) is 4.85. The summed E-state index contributed by atoms with van der Waals surface area (Å²) < 4.78 is 0. The quantitative estimate of drug-likeness (QED) is 0.314. The average molecular weight is 411 g/mol. The van der Waals surface area contributed by atoms with Gasteiger partial charge in [0.2, 0.25) is 0 Å². The zero-order valence-corrected chi connectivity index (χ0v) is 18.1. The molecule has 32 heavy (non-hydrogen) atoms. The van der Waals surface area contributed by atoms with E-state index in [-0.39, 0.29) is 0 Å². The highest BCUT2D eigenvalue weighted by atomic mass is 14.4. The highest BCUT2D eigenvalue weighted by Gasteiger charge is 2.34. The molecule has 2 aliphatic carbocycles. The van der Waals surface area contributed by atoms with Crippen molar-refractivity contribution in [3.63, 3.8) is 0 Å². The van der Waals surface area contributed by atoms with E-state index in [9.17, 15) is 0 Å². The summed E-state index contributed by atoms with van der Waals surface area (Å²) in [4.78, 5) is 0. The molecule has 0 fully saturated rings. The van der Waals surface area contributed by atoms with Gasteiger partial charge in [0.25, 0.3) is 0 Å². The van der Waals surface area contributed by atoms with Gasteiger partial charge in [-0.3, -0.25) is 0 Å². The average Bonchev–Trinajstić information content (AvgIpc) is 3.47. The van der Waals surface area contributed by atoms with E-state index in [1.54, 1.807) is 0 Å². The van der Waals surface area contributed by atoms with Crippen molar-refractivity contribution < 1.29 is 0 Å². The largest absolute Gasteiger partial charge is 0.0622 e. The minimum Gasteiger partial charge on any atom is -0.0622 e. The minimum atomic E-state index is 0.312. The van der Waals surface area contributed by atoms with E-state index in [1.807, 2.05) is 0 Å². The lowest BCUT2D eigenvalue weighted by Gasteiger charge is -2.31. The molecule has 2 aliphatic rings. The Morgan fingerprint density at radius 1 is 0.406 bits per heavy atom. The molecule has 0 radical (unpaired) electrons. The first-order valence-electron chi connectivity index (χ1n) is 11.5. The van der Waals surface area contributed by atoms with E-state index in [0.29, 0.717) is 11.8 Å². The lowest BCUT2D eigenvalue weighted by molar-refractivity contribution is 0.655. The van der Waals surface area contributed by atoms with Crippen LogP contribution in [0.4, 0.5) is 0 Å². The molecule has 0 amide bonds. The van der Waals surface area contributed by atoms with Crippen molar-refractivity contribution >= 4 is 12.2 Å². The van der Waals surface area contributed by atoms with Crippen molar-refractivity contribution in [3.8, 4) is 0 Å². The van der Waals surface area contributed by atoms with Crippen molar-refractivity contribution in [2.45, 2.75) is 24.7 Å². The Morgan fingerprint density at radius 3 is 1.19 bits per heavy atom. The van der Waals surface area contributed by atoms with E-state index < -0.39 is 0 Å². The Balaban J connectivity index is 1.51. The third-order valence-corrected chi connectivity index (χ3v) is 7.03. The fourth-order valence-corrected chi connectivity index (χ4v) is 5.57. The maximum Gasteiger partial charge on any atom is 0.0161 e. The monoisotopic (exact) mass is 410 g/mol. The molecular formula is C32H26. The van der Waals surface area contributed by atoms with E-state index in [4.69, 9.17) is 0 Å². The third-order valence-electron chi connectivity index (χ3n) is 7.03. The summed E-state index contributed by atoms with van der Waals surface area (Å²) >= 11 is 0. The van der Waals surface area contributed by atoms with Gasteiger partial charge in [-0.25, -0.2) is 0 Å². The van der Waals surface area contributed by atoms with Crippen molar-refractivity contribution in [1.29, 1.82) is 0 Å². The lowest BCUT2D eigenvalue weighted by atomic mass is 9.72. The molecule has 0 heteroatoms. The first-order valence-corrected chi connectivity index (χ1v) is 11.5. The maximum atomic E-state index is 2.45. The Hall–Kier alpha value is -3.64. The summed E-state index contributed by atoms with van der Waals surface area (Å²) in [7, 11) is 0. The normalized spacial score (nSPS) is 16.0. The van der Waals surface area contributed by atoms with Gasteiger partial charge in [0.05, 0.1) is 0 Å². The van der Waals surface area contributed by atoms with Crippen LogP contribution in [0.1, 0.15) is 45.2 Å². The summed E-state index contributed by atoms with van der Waals surface area (Å²) in [5.41, 5.74) is 11.5. The molecule has 0 saturated heterocycles. The van der Waals surface area contributed by atoms with Crippen LogP contribution in [-0.2, 0) is 12.8 Å². The molecule has 2 unspecified atom stereocenters. The minimum absolute atomic E-state index is 0.312. The van der Waals surface area contributed by atoms with Crippen LogP contribution in [0.15, 0.2) is 120 Å². The molecule has 0 aromatic heterocycles. The Bertz CT molecular complexity index is 1200. The second-order valence-corrected chi connectivity index (χ2v) is 8.97. The molecule has 0 spiro atoms. The topological polar surface area (TPSA) is 0 Å². The van der Waals surface area contributed by atoms with Crippen LogP contribution in [0, 0.1) is 0 Å². The fraction of sp³-hybridized carbons (Fsp3) is 0.125. The van der Waals surface area contributed by atoms with Gasteiger partial charge < -0.3 is 0 Å². The van der Waals surface area contributed by atoms with Gasteiger partial charge in [-0.2, -0.15) is 0 Å². The van der Waals surface area contributed by atoms with Crippen LogP contribution in [0.25, 0.3) is 12.2 Å². The molecule has 0 bridgehead atoms. The predicted molar refractivity (Wildman–Crippen MR) is 135 cm³/mol. The third kappa shape index (κ3) is 3.42. The maximum absolute atomic E-state index is 2.45. The zero-order valence-electron chi connectivity index (χ0n) is 18.1. The van der Waals surface area contributed by atoms with Crippen LogP contribution in [0.5, 0.6) is 0 Å². The Morgan fingerprint density at radius 2 is 0.781 bits per heavy atom. The molecule has 0 saturated carbocycles. The second kappa shape index (κ2) is 8.13. The number of allylic oxidation sites excluding steroid dienone is 2. The fourth-order valence-electron chi connectivity index (χ4n) is 5.57. The van der Waals surface area contributed by atoms with Crippen molar-refractivity contribution in [2.24, 2.45) is 0 Å². The van der Waals surface area contributed by atoms with Gasteiger partial charge in [-0.1, -0.05) is 132 Å². The highest BCUT2D eigenvalue weighted by molar-refractivity contribution is 5.70. The SMILES string of the molecule is C1=C(C(c2ccccc2)C(C2=Cc3ccccc3C2)c2ccccc2)Cc2ccccc21. The van der Waals surface area contributed by atoms with Gasteiger partial charge in [0.15, 0.2) is 0 Å². The number of fused-ring (bicyclic) bond motifs is 2. The van der Waals surface area contributed by atoms with Gasteiger partial charge in [-0.15, -0.1) is 0 Å². The molecule has 6 rings (SSSR count). The van der Waals surface area contributed by atoms with Gasteiger partial charge in [0, 0.05) is 11.8 Å². The molecule has 0 nitrogen and oxygen atoms in total. The number of rotatable bonds is 5. The molecule has 4 aromatic rings. The predicted octanol–water partition coefficient (Wildman–Crippen LogP) is 7.83. The van der Waals surface area contributed by atoms with Crippen molar-refractivity contribution in [1.82, 2.24) is 0 Å². The molecule has 154 valence electrons. The second-order valence-electron chi connectivity index (χ2n) is 8.97. The van der Waals surface area contributed by atoms with Gasteiger partial charge in [-0.05, 0) is 46.2 Å². The number of benzene rings is 4. The van der Waals surface area contributed by atoms with Crippen LogP contribution in [-0.4, -0.2) is 0 Å². The highest BCUT2D eigenvalue weighted by Crippen LogP contribution is 2.49. The van der Waals surface area contributed by atoms with E-state index >= 15 is 0 Å². The summed E-state index contributed by atoms with van der Waals surface area (Å²) in [6.45, 7) is 0. The molecule has 4 aromatic carbocycles. The van der Waals surface area contributed by atoms with Crippen LogP contribution < -0.4 is 0 Å². The zero-order chi connectivity index (χ0) is 21.3. The molecule has 2 atom stereocenters. The molecule has 0 aliphatic heterocycles. The van der Waals surface area contributed by atoms with E-state index in [2.05, 4.69) is 121 Å². The first kappa shape index (κ1) is 19.1. The summed E-state index contributed by atoms with van der Waals surface area (Å²) in [5, 5.41) is 0. The van der Waals surface area contributed by atoms with Crippen molar-refractivity contribution in [2.75, 3.05) is 0 Å². The van der Waals surface area contributed by atoms with Gasteiger partial charge in [0.1, 0.15) is 0 Å². The molecule has 0 N–H and O–H groups in total. The summed E-state index contributed by atoms with van der Waals surface area (Å²) in [6, 6.07) is 40.0. The van der Waals surface area contributed by atoms with Crippen LogP contribution in [0.3, 0.4) is 0 Å². The van der Waals surface area contributed by atoms with Gasteiger partial charge >= 0.3 is 0 Å². The number of hydrogen-bond donors (Lipinski definition) is 0. The smallest absolute Gasteiger partial charge is 0.0161 e. The molecule has 0 heterocycles. The number of hydrogen-bond acceptors (Lipinski definition) is 0. The van der Waals surface area contributed by atoms with Crippen LogP contribution in [0.2, 0.25) is 0 Å². The summed E-state index contributed by atoms with van der Waals surface area (Å²) in [5.74, 6) is 0.623. The first-order chi connectivity index (χ1) is 15.9. The van der Waals surface area contributed by atoms with Crippen LogP contribution >= 0.6 is 0 Å². The lowest BCUT2D eigenvalue weighted by Crippen LogP contribution is -2.17. The molecular weight excluding hydrogens is 384 g/mol. The van der Waals surface area contributed by atoms with E-state index in [1.165, 1.54) is 44.5 Å². The van der Waals surface area contributed by atoms with Crippen molar-refractivity contribution in [3.05, 3.63) is 154 Å². The summed E-state index contributed by atoms with van der Waals surface area (Å²) in [6.07, 6.45) is 6.95. The Labute approximate surface area is 190 Å². The standard InChI is InChI=1S/C32H26/c1-3-11-23(12-4-1)31(29-19-25-15-7-8-16-26(25)20-29)32(24-13-5-2-6-14-24)30-21-27-17-9-10-18-28(27)22-30/h1-19,21,31-32H,20,22H2. The van der Waals surface area contributed by atoms with E-state index in [0.717, 1.165) is 12.8 Å².